The molecule has 5 rings (SSSR count). The molecule has 0 aliphatic heterocycles. The number of hydrogen-bond donors (Lipinski definition) is 1. The summed E-state index contributed by atoms with van der Waals surface area (Å²) >= 11 is 0. The molecule has 4 aliphatic rings. The van der Waals surface area contributed by atoms with Crippen molar-refractivity contribution in [3.05, 3.63) is 11.8 Å². The van der Waals surface area contributed by atoms with Crippen molar-refractivity contribution < 1.29 is 4.42 Å². The molecular weight excluding hydrogens is 238 g/mol. The Morgan fingerprint density at radius 3 is 2.21 bits per heavy atom. The molecule has 2 N–H and O–H groups in total. The van der Waals surface area contributed by atoms with E-state index in [-0.39, 0.29) is 11.5 Å². The number of hydrogen-bond acceptors (Lipinski definition) is 4. The molecule has 1 aromatic heterocycles. The first-order chi connectivity index (χ1) is 9.18. The lowest BCUT2D eigenvalue weighted by atomic mass is 9.48. The van der Waals surface area contributed by atoms with Crippen LogP contribution in [0, 0.1) is 23.2 Å². The zero-order valence-electron chi connectivity index (χ0n) is 11.6. The van der Waals surface area contributed by atoms with E-state index in [1.54, 1.807) is 0 Å². The fraction of sp³-hybridized carbons (Fsp3) is 0.867. The Balaban J connectivity index is 1.63. The second-order valence-corrected chi connectivity index (χ2v) is 7.15. The minimum Gasteiger partial charge on any atom is -0.424 e. The molecule has 0 spiro atoms. The fourth-order valence-electron chi connectivity index (χ4n) is 5.36. The molecule has 4 saturated carbocycles. The highest BCUT2D eigenvalue weighted by atomic mass is 16.4. The molecule has 1 heterocycles. The summed E-state index contributed by atoms with van der Waals surface area (Å²) in [6, 6.07) is -0.0475. The Bertz CT molecular complexity index is 446. The van der Waals surface area contributed by atoms with Gasteiger partial charge in [0.25, 0.3) is 0 Å². The van der Waals surface area contributed by atoms with Crippen LogP contribution >= 0.6 is 0 Å². The smallest absolute Gasteiger partial charge is 0.233 e. The predicted octanol–water partition coefficient (Wildman–Crippen LogP) is 2.85. The van der Waals surface area contributed by atoms with Crippen LogP contribution in [-0.2, 0) is 6.42 Å². The van der Waals surface area contributed by atoms with Crippen LogP contribution in [0.2, 0.25) is 0 Å². The second kappa shape index (κ2) is 4.05. The molecule has 1 aromatic rings. The quantitative estimate of drug-likeness (QED) is 0.908. The molecule has 0 amide bonds. The minimum absolute atomic E-state index is 0.0475. The standard InChI is InChI=1S/C15H23N3O/c1-2-12-17-18-14(19-12)13(16)15-6-9-3-10(7-15)5-11(4-9)8-15/h9-11,13H,2-8,16H2,1H3. The van der Waals surface area contributed by atoms with Crippen molar-refractivity contribution in [2.45, 2.75) is 57.9 Å². The van der Waals surface area contributed by atoms with E-state index < -0.39 is 0 Å². The normalized spacial score (nSPS) is 41.7. The first kappa shape index (κ1) is 11.9. The van der Waals surface area contributed by atoms with Gasteiger partial charge in [-0.05, 0) is 61.7 Å². The SMILES string of the molecule is CCc1nnc(C(N)C23CC4CC(CC(C4)C2)C3)o1. The summed E-state index contributed by atoms with van der Waals surface area (Å²) in [6.07, 6.45) is 8.96. The maximum Gasteiger partial charge on any atom is 0.233 e. The Labute approximate surface area is 114 Å². The molecule has 4 nitrogen and oxygen atoms in total. The van der Waals surface area contributed by atoms with E-state index in [4.69, 9.17) is 10.2 Å². The van der Waals surface area contributed by atoms with Gasteiger partial charge in [0.1, 0.15) is 0 Å². The van der Waals surface area contributed by atoms with Crippen LogP contribution in [0.25, 0.3) is 0 Å². The van der Waals surface area contributed by atoms with Crippen LogP contribution < -0.4 is 5.73 Å². The average Bonchev–Trinajstić information content (AvgIpc) is 2.84. The lowest BCUT2D eigenvalue weighted by molar-refractivity contribution is -0.0719. The first-order valence-electron chi connectivity index (χ1n) is 7.76. The fourth-order valence-corrected chi connectivity index (χ4v) is 5.36. The van der Waals surface area contributed by atoms with E-state index >= 15 is 0 Å². The highest BCUT2D eigenvalue weighted by Gasteiger charge is 2.54. The van der Waals surface area contributed by atoms with Crippen LogP contribution in [0.1, 0.15) is 63.3 Å². The summed E-state index contributed by atoms with van der Waals surface area (Å²) in [7, 11) is 0. The third-order valence-electron chi connectivity index (χ3n) is 5.80. The summed E-state index contributed by atoms with van der Waals surface area (Å²) in [6.45, 7) is 2.04. The van der Waals surface area contributed by atoms with Crippen molar-refractivity contribution in [1.29, 1.82) is 0 Å². The Hall–Kier alpha value is -0.900. The van der Waals surface area contributed by atoms with E-state index in [0.29, 0.717) is 5.89 Å². The van der Waals surface area contributed by atoms with Crippen molar-refractivity contribution >= 4 is 0 Å². The average molecular weight is 261 g/mol. The van der Waals surface area contributed by atoms with Crippen LogP contribution in [0.4, 0.5) is 0 Å². The van der Waals surface area contributed by atoms with E-state index in [9.17, 15) is 0 Å². The Kier molecular flexibility index (Phi) is 2.53. The molecule has 1 unspecified atom stereocenters. The molecule has 19 heavy (non-hydrogen) atoms. The maximum absolute atomic E-state index is 6.57. The van der Waals surface area contributed by atoms with Gasteiger partial charge in [0.15, 0.2) is 0 Å². The van der Waals surface area contributed by atoms with Gasteiger partial charge in [-0.2, -0.15) is 0 Å². The van der Waals surface area contributed by atoms with Gasteiger partial charge >= 0.3 is 0 Å². The Morgan fingerprint density at radius 1 is 1.16 bits per heavy atom. The number of nitrogens with two attached hydrogens (primary N) is 1. The molecule has 0 radical (unpaired) electrons. The number of aryl methyl sites for hydroxylation is 1. The van der Waals surface area contributed by atoms with Crippen LogP contribution in [0.3, 0.4) is 0 Å². The number of rotatable bonds is 3. The zero-order chi connectivity index (χ0) is 13.0. The van der Waals surface area contributed by atoms with Crippen LogP contribution in [0.5, 0.6) is 0 Å². The number of aromatic nitrogens is 2. The molecule has 0 saturated heterocycles. The summed E-state index contributed by atoms with van der Waals surface area (Å²) in [5, 5.41) is 8.29. The molecule has 4 heteroatoms. The van der Waals surface area contributed by atoms with Gasteiger partial charge in [0, 0.05) is 6.42 Å². The summed E-state index contributed by atoms with van der Waals surface area (Å²) in [5.41, 5.74) is 6.82. The number of nitrogens with zero attached hydrogens (tertiary/aromatic N) is 2. The van der Waals surface area contributed by atoms with Crippen molar-refractivity contribution in [2.75, 3.05) is 0 Å². The summed E-state index contributed by atoms with van der Waals surface area (Å²) in [4.78, 5) is 0. The van der Waals surface area contributed by atoms with Gasteiger partial charge in [-0.15, -0.1) is 10.2 Å². The lowest BCUT2D eigenvalue weighted by Gasteiger charge is -2.58. The maximum atomic E-state index is 6.57. The van der Waals surface area contributed by atoms with Gasteiger partial charge in [-0.3, -0.25) is 0 Å². The summed E-state index contributed by atoms with van der Waals surface area (Å²) in [5.74, 6) is 4.12. The molecule has 0 aromatic carbocycles. The second-order valence-electron chi connectivity index (χ2n) is 7.15. The minimum atomic E-state index is -0.0475. The van der Waals surface area contributed by atoms with Gasteiger partial charge in [-0.1, -0.05) is 6.92 Å². The predicted molar refractivity (Wildman–Crippen MR) is 71.2 cm³/mol. The van der Waals surface area contributed by atoms with E-state index in [2.05, 4.69) is 10.2 Å². The highest BCUT2D eigenvalue weighted by molar-refractivity contribution is 5.09. The molecule has 4 aliphatic carbocycles. The molecule has 4 bridgehead atoms. The highest BCUT2D eigenvalue weighted by Crippen LogP contribution is 2.63. The molecule has 104 valence electrons. The van der Waals surface area contributed by atoms with Gasteiger partial charge < -0.3 is 10.2 Å². The van der Waals surface area contributed by atoms with Gasteiger partial charge in [0.2, 0.25) is 11.8 Å². The molecule has 4 fully saturated rings. The van der Waals surface area contributed by atoms with Crippen LogP contribution in [0.15, 0.2) is 4.42 Å². The largest absolute Gasteiger partial charge is 0.424 e. The van der Waals surface area contributed by atoms with Gasteiger partial charge in [0.05, 0.1) is 6.04 Å². The first-order valence-corrected chi connectivity index (χ1v) is 7.76. The van der Waals surface area contributed by atoms with Crippen molar-refractivity contribution in [3.63, 3.8) is 0 Å². The van der Waals surface area contributed by atoms with Crippen molar-refractivity contribution in [1.82, 2.24) is 10.2 Å². The van der Waals surface area contributed by atoms with E-state index in [0.717, 1.165) is 30.1 Å². The van der Waals surface area contributed by atoms with Crippen molar-refractivity contribution in [3.8, 4) is 0 Å². The third-order valence-corrected chi connectivity index (χ3v) is 5.80. The third kappa shape index (κ3) is 1.76. The topological polar surface area (TPSA) is 64.9 Å². The van der Waals surface area contributed by atoms with E-state index in [1.165, 1.54) is 38.5 Å². The lowest BCUT2D eigenvalue weighted by Crippen LogP contribution is -2.50. The van der Waals surface area contributed by atoms with Crippen molar-refractivity contribution in [2.24, 2.45) is 28.9 Å². The van der Waals surface area contributed by atoms with E-state index in [1.807, 2.05) is 6.92 Å². The van der Waals surface area contributed by atoms with Crippen LogP contribution in [-0.4, -0.2) is 10.2 Å². The van der Waals surface area contributed by atoms with Gasteiger partial charge in [-0.25, -0.2) is 0 Å². The Morgan fingerprint density at radius 2 is 1.74 bits per heavy atom. The monoisotopic (exact) mass is 261 g/mol. The molecular formula is C15H23N3O. The summed E-state index contributed by atoms with van der Waals surface area (Å²) < 4.78 is 5.74. The molecule has 1 atom stereocenters. The zero-order valence-corrected chi connectivity index (χ0v) is 11.6.